The maximum Gasteiger partial charge on any atom is 0.306 e. The Balaban J connectivity index is 1.21. The van der Waals surface area contributed by atoms with Gasteiger partial charge in [0.05, 0.1) is 23.9 Å². The Kier molecular flexibility index (Phi) is 6.39. The SMILES string of the molecule is Cc1ccc(C2=NN(C(=O)COC(=O)CCc3ccc4ccccc4n3)C(c3ccco3)C2)cc1. The normalized spacial score (nSPS) is 15.3. The molecule has 3 heterocycles. The minimum Gasteiger partial charge on any atom is -0.467 e. The van der Waals surface area contributed by atoms with Gasteiger partial charge in [0.2, 0.25) is 0 Å². The van der Waals surface area contributed by atoms with Crippen LogP contribution in [0.2, 0.25) is 0 Å². The number of furan rings is 1. The van der Waals surface area contributed by atoms with Gasteiger partial charge in [-0.15, -0.1) is 0 Å². The summed E-state index contributed by atoms with van der Waals surface area (Å²) in [4.78, 5) is 29.9. The number of nitrogens with zero attached hydrogens (tertiary/aromatic N) is 3. The Labute approximate surface area is 203 Å². The number of hydrazone groups is 1. The van der Waals surface area contributed by atoms with E-state index in [0.717, 1.165) is 33.4 Å². The molecule has 5 rings (SSSR count). The monoisotopic (exact) mass is 467 g/mol. The van der Waals surface area contributed by atoms with Crippen LogP contribution in [-0.2, 0) is 20.7 Å². The van der Waals surface area contributed by atoms with Crippen molar-refractivity contribution in [3.63, 3.8) is 0 Å². The molecule has 1 amide bonds. The fourth-order valence-corrected chi connectivity index (χ4v) is 4.12. The third-order valence-electron chi connectivity index (χ3n) is 6.02. The molecule has 0 bridgehead atoms. The van der Waals surface area contributed by atoms with Crippen molar-refractivity contribution in [2.24, 2.45) is 5.10 Å². The van der Waals surface area contributed by atoms with Gasteiger partial charge < -0.3 is 9.15 Å². The fraction of sp³-hybridized carbons (Fsp3) is 0.214. The summed E-state index contributed by atoms with van der Waals surface area (Å²) in [6.45, 7) is 1.64. The minimum atomic E-state index is -0.454. The van der Waals surface area contributed by atoms with E-state index in [9.17, 15) is 9.59 Å². The van der Waals surface area contributed by atoms with Gasteiger partial charge in [-0.2, -0.15) is 5.10 Å². The Hall–Kier alpha value is -4.26. The summed E-state index contributed by atoms with van der Waals surface area (Å²) in [5.41, 5.74) is 4.56. The number of pyridine rings is 1. The number of benzene rings is 2. The molecule has 0 aliphatic carbocycles. The van der Waals surface area contributed by atoms with Crippen molar-refractivity contribution in [2.75, 3.05) is 6.61 Å². The van der Waals surface area contributed by atoms with E-state index in [0.29, 0.717) is 18.6 Å². The van der Waals surface area contributed by atoms with Crippen LogP contribution in [0.4, 0.5) is 0 Å². The molecule has 0 radical (unpaired) electrons. The topological polar surface area (TPSA) is 85.0 Å². The molecule has 35 heavy (non-hydrogen) atoms. The number of hydrogen-bond acceptors (Lipinski definition) is 6. The van der Waals surface area contributed by atoms with Gasteiger partial charge in [0.15, 0.2) is 6.61 Å². The summed E-state index contributed by atoms with van der Waals surface area (Å²) in [6, 6.07) is 22.9. The van der Waals surface area contributed by atoms with Gasteiger partial charge in [0, 0.05) is 23.9 Å². The number of hydrogen-bond donors (Lipinski definition) is 0. The lowest BCUT2D eigenvalue weighted by molar-refractivity contribution is -0.152. The second-order valence-electron chi connectivity index (χ2n) is 8.54. The number of amides is 1. The molecule has 1 unspecified atom stereocenters. The molecular weight excluding hydrogens is 442 g/mol. The van der Waals surface area contributed by atoms with Crippen LogP contribution in [0.5, 0.6) is 0 Å². The second-order valence-corrected chi connectivity index (χ2v) is 8.54. The second kappa shape index (κ2) is 9.93. The van der Waals surface area contributed by atoms with Gasteiger partial charge in [-0.25, -0.2) is 5.01 Å². The zero-order chi connectivity index (χ0) is 24.2. The van der Waals surface area contributed by atoms with Gasteiger partial charge in [-0.3, -0.25) is 14.6 Å². The van der Waals surface area contributed by atoms with Gasteiger partial charge in [-0.05, 0) is 36.8 Å². The highest BCUT2D eigenvalue weighted by molar-refractivity contribution is 6.03. The number of aryl methyl sites for hydroxylation is 2. The summed E-state index contributed by atoms with van der Waals surface area (Å²) in [5, 5.41) is 6.98. The first-order valence-electron chi connectivity index (χ1n) is 11.6. The van der Waals surface area contributed by atoms with Crippen molar-refractivity contribution in [3.8, 4) is 0 Å². The van der Waals surface area contributed by atoms with Crippen LogP contribution < -0.4 is 0 Å². The summed E-state index contributed by atoms with van der Waals surface area (Å²) in [5.74, 6) is -0.214. The fourth-order valence-electron chi connectivity index (χ4n) is 4.12. The smallest absolute Gasteiger partial charge is 0.306 e. The molecule has 0 saturated carbocycles. The first-order valence-corrected chi connectivity index (χ1v) is 11.6. The lowest BCUT2D eigenvalue weighted by Gasteiger charge is -2.19. The van der Waals surface area contributed by atoms with E-state index >= 15 is 0 Å². The molecule has 2 aromatic heterocycles. The molecule has 1 aliphatic heterocycles. The molecule has 4 aromatic rings. The average Bonchev–Trinajstić information content (AvgIpc) is 3.57. The first kappa shape index (κ1) is 22.5. The number of aromatic nitrogens is 1. The van der Waals surface area contributed by atoms with Crippen molar-refractivity contribution in [1.82, 2.24) is 9.99 Å². The number of para-hydroxylation sites is 1. The number of carbonyl (C=O) groups excluding carboxylic acids is 2. The van der Waals surface area contributed by atoms with E-state index in [4.69, 9.17) is 9.15 Å². The molecule has 7 nitrogen and oxygen atoms in total. The summed E-state index contributed by atoms with van der Waals surface area (Å²) >= 11 is 0. The Morgan fingerprint density at radius 2 is 1.86 bits per heavy atom. The molecule has 0 spiro atoms. The van der Waals surface area contributed by atoms with E-state index in [-0.39, 0.29) is 19.1 Å². The quantitative estimate of drug-likeness (QED) is 0.358. The van der Waals surface area contributed by atoms with E-state index in [1.807, 2.05) is 73.7 Å². The Morgan fingerprint density at radius 1 is 1.03 bits per heavy atom. The van der Waals surface area contributed by atoms with Crippen LogP contribution in [0.15, 0.2) is 88.6 Å². The van der Waals surface area contributed by atoms with E-state index in [1.165, 1.54) is 5.01 Å². The highest BCUT2D eigenvalue weighted by atomic mass is 16.5. The van der Waals surface area contributed by atoms with Crippen molar-refractivity contribution in [1.29, 1.82) is 0 Å². The number of rotatable bonds is 7. The van der Waals surface area contributed by atoms with Crippen LogP contribution in [0.1, 0.15) is 41.5 Å². The van der Waals surface area contributed by atoms with Crippen molar-refractivity contribution in [2.45, 2.75) is 32.2 Å². The lowest BCUT2D eigenvalue weighted by atomic mass is 10.0. The summed E-state index contributed by atoms with van der Waals surface area (Å²) in [6.07, 6.45) is 2.66. The maximum absolute atomic E-state index is 13.0. The molecule has 1 atom stereocenters. The standard InChI is InChI=1S/C28H25N3O4/c1-19-8-10-21(11-9-19)24-17-25(26-7-4-16-34-26)31(30-24)27(32)18-35-28(33)15-14-22-13-12-20-5-2-3-6-23(20)29-22/h2-13,16,25H,14-15,17-18H2,1H3. The average molecular weight is 468 g/mol. The van der Waals surface area contributed by atoms with Crippen LogP contribution in [-0.4, -0.2) is 34.2 Å². The molecule has 0 N–H and O–H groups in total. The minimum absolute atomic E-state index is 0.137. The van der Waals surface area contributed by atoms with Crippen molar-refractivity contribution in [3.05, 3.63) is 102 Å². The highest BCUT2D eigenvalue weighted by Gasteiger charge is 2.35. The predicted molar refractivity (Wildman–Crippen MR) is 132 cm³/mol. The third kappa shape index (κ3) is 5.14. The third-order valence-corrected chi connectivity index (χ3v) is 6.02. The number of esters is 1. The molecular formula is C28H25N3O4. The molecule has 0 saturated heterocycles. The van der Waals surface area contributed by atoms with Gasteiger partial charge in [0.25, 0.3) is 5.91 Å². The Bertz CT molecular complexity index is 1380. The van der Waals surface area contributed by atoms with Crippen LogP contribution in [0.3, 0.4) is 0 Å². The van der Waals surface area contributed by atoms with E-state index < -0.39 is 11.9 Å². The van der Waals surface area contributed by atoms with Gasteiger partial charge >= 0.3 is 5.97 Å². The number of ether oxygens (including phenoxy) is 1. The predicted octanol–water partition coefficient (Wildman–Crippen LogP) is 4.99. The molecule has 7 heteroatoms. The zero-order valence-electron chi connectivity index (χ0n) is 19.4. The van der Waals surface area contributed by atoms with Crippen molar-refractivity contribution >= 4 is 28.5 Å². The number of carbonyl (C=O) groups is 2. The molecule has 176 valence electrons. The summed E-state index contributed by atoms with van der Waals surface area (Å²) in [7, 11) is 0. The lowest BCUT2D eigenvalue weighted by Crippen LogP contribution is -2.31. The number of fused-ring (bicyclic) bond motifs is 1. The molecule has 1 aliphatic rings. The van der Waals surface area contributed by atoms with Gasteiger partial charge in [-0.1, -0.05) is 54.1 Å². The molecule has 2 aromatic carbocycles. The van der Waals surface area contributed by atoms with Crippen LogP contribution in [0.25, 0.3) is 10.9 Å². The largest absolute Gasteiger partial charge is 0.467 e. The molecule has 0 fully saturated rings. The van der Waals surface area contributed by atoms with Crippen LogP contribution in [0, 0.1) is 6.92 Å². The zero-order valence-corrected chi connectivity index (χ0v) is 19.4. The van der Waals surface area contributed by atoms with Crippen LogP contribution >= 0.6 is 0 Å². The maximum atomic E-state index is 13.0. The van der Waals surface area contributed by atoms with E-state index in [2.05, 4.69) is 10.1 Å². The summed E-state index contributed by atoms with van der Waals surface area (Å²) < 4.78 is 10.9. The van der Waals surface area contributed by atoms with Crippen molar-refractivity contribution < 1.29 is 18.7 Å². The Morgan fingerprint density at radius 3 is 2.66 bits per heavy atom. The van der Waals surface area contributed by atoms with E-state index in [1.54, 1.807) is 12.3 Å². The van der Waals surface area contributed by atoms with Gasteiger partial charge in [0.1, 0.15) is 11.8 Å². The highest BCUT2D eigenvalue weighted by Crippen LogP contribution is 2.33. The first-order chi connectivity index (χ1) is 17.1.